The second-order valence-corrected chi connectivity index (χ2v) is 4.49. The quantitative estimate of drug-likeness (QED) is 0.772. The molecule has 0 spiro atoms. The van der Waals surface area contributed by atoms with E-state index in [0.29, 0.717) is 6.54 Å². The molecule has 2 rings (SSSR count). The van der Waals surface area contributed by atoms with Gasteiger partial charge < -0.3 is 10.5 Å². The molecule has 0 saturated carbocycles. The maximum Gasteiger partial charge on any atom is 0.181 e. The molecule has 1 aromatic heterocycles. The number of aryl methyl sites for hydroxylation is 1. The summed E-state index contributed by atoms with van der Waals surface area (Å²) in [5, 5.41) is 11.6. The Kier molecular flexibility index (Phi) is 3.93. The first kappa shape index (κ1) is 10.8. The van der Waals surface area contributed by atoms with Gasteiger partial charge in [-0.05, 0) is 23.4 Å². The summed E-state index contributed by atoms with van der Waals surface area (Å²) >= 11 is 1.88. The highest BCUT2D eigenvalue weighted by molar-refractivity contribution is 7.99. The van der Waals surface area contributed by atoms with E-state index in [1.54, 1.807) is 4.68 Å². The molecule has 1 fully saturated rings. The lowest BCUT2D eigenvalue weighted by Crippen LogP contribution is -2.21. The zero-order valence-electron chi connectivity index (χ0n) is 8.50. The van der Waals surface area contributed by atoms with Crippen molar-refractivity contribution in [3.63, 3.8) is 0 Å². The maximum atomic E-state index is 5.63. The third kappa shape index (κ3) is 2.67. The summed E-state index contributed by atoms with van der Waals surface area (Å²) in [6.07, 6.45) is 0.925. The van der Waals surface area contributed by atoms with Crippen LogP contribution in [0.4, 0.5) is 0 Å². The number of hydrogen-bond acceptors (Lipinski definition) is 6. The monoisotopic (exact) mass is 229 g/mol. The van der Waals surface area contributed by atoms with Crippen molar-refractivity contribution in [2.75, 3.05) is 24.7 Å². The van der Waals surface area contributed by atoms with Gasteiger partial charge in [-0.3, -0.25) is 0 Å². The Bertz CT molecular complexity index is 299. The molecular formula is C8H15N5OS. The Labute approximate surface area is 92.5 Å². The van der Waals surface area contributed by atoms with Crippen molar-refractivity contribution in [1.29, 1.82) is 0 Å². The summed E-state index contributed by atoms with van der Waals surface area (Å²) in [4.78, 5) is 0. The van der Waals surface area contributed by atoms with Gasteiger partial charge in [-0.15, -0.1) is 5.10 Å². The molecule has 84 valence electrons. The minimum atomic E-state index is 0.0384. The van der Waals surface area contributed by atoms with E-state index in [1.807, 2.05) is 11.8 Å². The van der Waals surface area contributed by atoms with E-state index < -0.39 is 0 Å². The predicted molar refractivity (Wildman–Crippen MR) is 57.5 cm³/mol. The molecule has 0 amide bonds. The summed E-state index contributed by atoms with van der Waals surface area (Å²) in [7, 11) is 0. The SMILES string of the molecule is NCCCn1nnnc1C1CSCCO1. The summed E-state index contributed by atoms with van der Waals surface area (Å²) in [6, 6.07) is 0. The molecule has 1 atom stereocenters. The topological polar surface area (TPSA) is 78.9 Å². The summed E-state index contributed by atoms with van der Waals surface area (Å²) in [6.45, 7) is 2.20. The van der Waals surface area contributed by atoms with Crippen LogP contribution in [0.3, 0.4) is 0 Å². The predicted octanol–water partition coefficient (Wildman–Crippen LogP) is -0.174. The zero-order chi connectivity index (χ0) is 10.5. The number of thioether (sulfide) groups is 1. The molecule has 2 N–H and O–H groups in total. The Hall–Kier alpha value is -0.660. The van der Waals surface area contributed by atoms with Crippen LogP contribution in [-0.2, 0) is 11.3 Å². The second-order valence-electron chi connectivity index (χ2n) is 3.34. The van der Waals surface area contributed by atoms with Gasteiger partial charge in [-0.2, -0.15) is 11.8 Å². The normalized spacial score (nSPS) is 21.8. The van der Waals surface area contributed by atoms with Crippen molar-refractivity contribution >= 4 is 11.8 Å². The third-order valence-electron chi connectivity index (χ3n) is 2.24. The van der Waals surface area contributed by atoms with E-state index in [4.69, 9.17) is 10.5 Å². The lowest BCUT2D eigenvalue weighted by molar-refractivity contribution is 0.0658. The van der Waals surface area contributed by atoms with E-state index in [-0.39, 0.29) is 6.10 Å². The van der Waals surface area contributed by atoms with Gasteiger partial charge in [0.05, 0.1) is 6.61 Å². The van der Waals surface area contributed by atoms with Gasteiger partial charge in [-0.25, -0.2) is 4.68 Å². The third-order valence-corrected chi connectivity index (χ3v) is 3.23. The van der Waals surface area contributed by atoms with E-state index in [0.717, 1.165) is 36.9 Å². The smallest absolute Gasteiger partial charge is 0.181 e. The number of tetrazole rings is 1. The minimum Gasteiger partial charge on any atom is -0.368 e. The highest BCUT2D eigenvalue weighted by Crippen LogP contribution is 2.24. The number of nitrogens with two attached hydrogens (primary N) is 1. The van der Waals surface area contributed by atoms with Crippen molar-refractivity contribution in [3.05, 3.63) is 5.82 Å². The van der Waals surface area contributed by atoms with Gasteiger partial charge in [0.1, 0.15) is 6.10 Å². The van der Waals surface area contributed by atoms with Crippen LogP contribution >= 0.6 is 11.8 Å². The number of aromatic nitrogens is 4. The molecule has 1 aromatic rings. The van der Waals surface area contributed by atoms with Crippen molar-refractivity contribution < 1.29 is 4.74 Å². The van der Waals surface area contributed by atoms with Gasteiger partial charge in [0.25, 0.3) is 0 Å². The van der Waals surface area contributed by atoms with Crippen LogP contribution in [-0.4, -0.2) is 44.9 Å². The van der Waals surface area contributed by atoms with Crippen LogP contribution in [0, 0.1) is 0 Å². The molecular weight excluding hydrogens is 214 g/mol. The summed E-state index contributed by atoms with van der Waals surface area (Å²) in [5.74, 6) is 2.82. The van der Waals surface area contributed by atoms with Gasteiger partial charge in [0, 0.05) is 18.1 Å². The fourth-order valence-electron chi connectivity index (χ4n) is 1.48. The molecule has 1 aliphatic heterocycles. The number of hydrogen-bond donors (Lipinski definition) is 1. The molecule has 6 nitrogen and oxygen atoms in total. The second kappa shape index (κ2) is 5.43. The Morgan fingerprint density at radius 1 is 1.60 bits per heavy atom. The fraction of sp³-hybridized carbons (Fsp3) is 0.875. The fourth-order valence-corrected chi connectivity index (χ4v) is 2.32. The van der Waals surface area contributed by atoms with Crippen molar-refractivity contribution in [1.82, 2.24) is 20.2 Å². The molecule has 15 heavy (non-hydrogen) atoms. The molecule has 0 aliphatic carbocycles. The lowest BCUT2D eigenvalue weighted by atomic mass is 10.3. The van der Waals surface area contributed by atoms with Crippen LogP contribution < -0.4 is 5.73 Å². The number of rotatable bonds is 4. The molecule has 0 bridgehead atoms. The first-order valence-corrected chi connectivity index (χ1v) is 6.23. The van der Waals surface area contributed by atoms with Crippen LogP contribution in [0.1, 0.15) is 18.3 Å². The highest BCUT2D eigenvalue weighted by Gasteiger charge is 2.22. The standard InChI is InChI=1S/C8H15N5OS/c9-2-1-3-13-8(10-11-12-13)7-6-15-5-4-14-7/h7H,1-6,9H2. The molecule has 0 radical (unpaired) electrons. The summed E-state index contributed by atoms with van der Waals surface area (Å²) < 4.78 is 7.42. The number of ether oxygens (including phenoxy) is 1. The van der Waals surface area contributed by atoms with Gasteiger partial charge in [-0.1, -0.05) is 0 Å². The first-order valence-electron chi connectivity index (χ1n) is 5.07. The lowest BCUT2D eigenvalue weighted by Gasteiger charge is -2.21. The first-order chi connectivity index (χ1) is 7.42. The van der Waals surface area contributed by atoms with Crippen LogP contribution in [0.25, 0.3) is 0 Å². The van der Waals surface area contributed by atoms with E-state index in [2.05, 4.69) is 15.5 Å². The maximum absolute atomic E-state index is 5.63. The van der Waals surface area contributed by atoms with Crippen LogP contribution in [0.5, 0.6) is 0 Å². The Morgan fingerprint density at radius 2 is 2.53 bits per heavy atom. The molecule has 2 heterocycles. The average Bonchev–Trinajstić information content (AvgIpc) is 2.75. The highest BCUT2D eigenvalue weighted by atomic mass is 32.2. The molecule has 1 saturated heterocycles. The van der Waals surface area contributed by atoms with Crippen molar-refractivity contribution in [2.24, 2.45) is 5.73 Å². The van der Waals surface area contributed by atoms with Crippen LogP contribution in [0.2, 0.25) is 0 Å². The zero-order valence-corrected chi connectivity index (χ0v) is 9.32. The van der Waals surface area contributed by atoms with E-state index in [1.165, 1.54) is 0 Å². The number of nitrogens with zero attached hydrogens (tertiary/aromatic N) is 4. The van der Waals surface area contributed by atoms with Crippen LogP contribution in [0.15, 0.2) is 0 Å². The Morgan fingerprint density at radius 3 is 3.27 bits per heavy atom. The molecule has 0 aromatic carbocycles. The van der Waals surface area contributed by atoms with Crippen molar-refractivity contribution in [2.45, 2.75) is 19.1 Å². The Balaban J connectivity index is 2.02. The largest absolute Gasteiger partial charge is 0.368 e. The van der Waals surface area contributed by atoms with Gasteiger partial charge in [0.2, 0.25) is 0 Å². The van der Waals surface area contributed by atoms with Crippen molar-refractivity contribution in [3.8, 4) is 0 Å². The van der Waals surface area contributed by atoms with Gasteiger partial charge >= 0.3 is 0 Å². The van der Waals surface area contributed by atoms with Gasteiger partial charge in [0.15, 0.2) is 5.82 Å². The van der Waals surface area contributed by atoms with E-state index >= 15 is 0 Å². The minimum absolute atomic E-state index is 0.0384. The molecule has 7 heteroatoms. The van der Waals surface area contributed by atoms with E-state index in [9.17, 15) is 0 Å². The average molecular weight is 229 g/mol. The summed E-state index contributed by atoms with van der Waals surface area (Å²) in [5.41, 5.74) is 5.46. The molecule has 1 unspecified atom stereocenters. The molecule has 1 aliphatic rings.